The monoisotopic (exact) mass is 484 g/mol. The molecule has 3 atom stereocenters. The van der Waals surface area contributed by atoms with Crippen LogP contribution in [0.3, 0.4) is 0 Å². The van der Waals surface area contributed by atoms with Crippen LogP contribution in [0.4, 0.5) is 0 Å². The number of benzene rings is 2. The Hall–Kier alpha value is -2.74. The topological polar surface area (TPSA) is 97.1 Å². The van der Waals surface area contributed by atoms with Gasteiger partial charge in [-0.25, -0.2) is 4.98 Å². The minimum absolute atomic E-state index is 0.196. The van der Waals surface area contributed by atoms with Crippen molar-refractivity contribution in [1.82, 2.24) is 15.6 Å². The Balaban J connectivity index is 1.76. The average molecular weight is 485 g/mol. The minimum Gasteiger partial charge on any atom is -0.350 e. The Morgan fingerprint density at radius 3 is 2.52 bits per heavy atom. The number of nitrogens with one attached hydrogen (secondary N) is 2. The van der Waals surface area contributed by atoms with E-state index in [2.05, 4.69) is 15.6 Å². The summed E-state index contributed by atoms with van der Waals surface area (Å²) in [5, 5.41) is 7.21. The lowest BCUT2D eigenvalue weighted by atomic mass is 10.0. The van der Waals surface area contributed by atoms with Crippen molar-refractivity contribution in [3.63, 3.8) is 0 Å². The lowest BCUT2D eigenvalue weighted by molar-refractivity contribution is -0.129. The van der Waals surface area contributed by atoms with E-state index in [1.54, 1.807) is 6.92 Å². The average Bonchev–Trinajstić information content (AvgIpc) is 3.18. The van der Waals surface area contributed by atoms with Gasteiger partial charge in [-0.1, -0.05) is 61.0 Å². The number of carbonyl (C=O) groups excluding carboxylic acids is 2. The summed E-state index contributed by atoms with van der Waals surface area (Å²) in [5.74, 6) is -0.480. The van der Waals surface area contributed by atoms with Crippen LogP contribution < -0.4 is 16.4 Å². The van der Waals surface area contributed by atoms with Crippen LogP contribution in [-0.4, -0.2) is 28.9 Å². The van der Waals surface area contributed by atoms with Crippen LogP contribution in [0.1, 0.15) is 42.6 Å². The number of nitrogens with zero attached hydrogens (tertiary/aromatic N) is 1. The van der Waals surface area contributed by atoms with Crippen molar-refractivity contribution in [2.45, 2.75) is 51.7 Å². The Kier molecular flexibility index (Phi) is 8.61. The molecule has 33 heavy (non-hydrogen) atoms. The van der Waals surface area contributed by atoms with Crippen molar-refractivity contribution < 1.29 is 9.59 Å². The molecule has 1 unspecified atom stereocenters. The molecule has 1 aromatic heterocycles. The molecule has 0 spiro atoms. The van der Waals surface area contributed by atoms with Crippen LogP contribution in [0.2, 0.25) is 5.02 Å². The molecule has 174 valence electrons. The quantitative estimate of drug-likeness (QED) is 0.419. The van der Waals surface area contributed by atoms with Crippen LogP contribution in [0.25, 0.3) is 10.4 Å². The highest BCUT2D eigenvalue weighted by Crippen LogP contribution is 2.32. The molecule has 0 aliphatic rings. The van der Waals surface area contributed by atoms with E-state index >= 15 is 0 Å². The van der Waals surface area contributed by atoms with Crippen molar-refractivity contribution in [3.8, 4) is 10.4 Å². The molecule has 0 radical (unpaired) electrons. The van der Waals surface area contributed by atoms with Crippen molar-refractivity contribution in [3.05, 3.63) is 75.9 Å². The first-order valence-electron chi connectivity index (χ1n) is 10.9. The second kappa shape index (κ2) is 11.4. The zero-order chi connectivity index (χ0) is 24.0. The molecule has 0 aliphatic heterocycles. The normalized spacial score (nSPS) is 13.7. The molecule has 0 saturated heterocycles. The van der Waals surface area contributed by atoms with Gasteiger partial charge in [0, 0.05) is 29.9 Å². The molecule has 0 bridgehead atoms. The van der Waals surface area contributed by atoms with Crippen molar-refractivity contribution in [2.24, 2.45) is 5.73 Å². The highest BCUT2D eigenvalue weighted by molar-refractivity contribution is 7.15. The van der Waals surface area contributed by atoms with Crippen LogP contribution in [0.5, 0.6) is 0 Å². The summed E-state index contributed by atoms with van der Waals surface area (Å²) >= 11 is 7.64. The maximum atomic E-state index is 13.1. The van der Waals surface area contributed by atoms with Crippen LogP contribution >= 0.6 is 22.9 Å². The van der Waals surface area contributed by atoms with Gasteiger partial charge in [0.15, 0.2) is 0 Å². The first kappa shape index (κ1) is 24.9. The number of rotatable bonds is 9. The Morgan fingerprint density at radius 2 is 1.85 bits per heavy atom. The third-order valence-electron chi connectivity index (χ3n) is 5.37. The van der Waals surface area contributed by atoms with E-state index in [-0.39, 0.29) is 36.7 Å². The Morgan fingerprint density at radius 1 is 1.12 bits per heavy atom. The largest absolute Gasteiger partial charge is 0.350 e. The number of aromatic nitrogens is 1. The summed E-state index contributed by atoms with van der Waals surface area (Å²) in [7, 11) is 0. The van der Waals surface area contributed by atoms with Gasteiger partial charge >= 0.3 is 0 Å². The summed E-state index contributed by atoms with van der Waals surface area (Å²) in [4.78, 5) is 30.9. The predicted molar refractivity (Wildman–Crippen MR) is 134 cm³/mol. The SMILES string of the molecule is CCC(=O)N[C@@H](Cc1nc(C)c(-c2cccc(Cl)c2)s1)C(=O)NC(C)[C@@H](N)c1ccccc1. The van der Waals surface area contributed by atoms with Gasteiger partial charge in [0.25, 0.3) is 0 Å². The molecule has 8 heteroatoms. The molecule has 1 heterocycles. The van der Waals surface area contributed by atoms with E-state index in [1.807, 2.05) is 68.4 Å². The molecule has 0 saturated carbocycles. The summed E-state index contributed by atoms with van der Waals surface area (Å²) in [6.07, 6.45) is 0.574. The molecule has 3 aromatic rings. The molecule has 6 nitrogen and oxygen atoms in total. The number of amides is 2. The number of aryl methyl sites for hydroxylation is 1. The number of halogens is 1. The van der Waals surface area contributed by atoms with E-state index in [4.69, 9.17) is 17.3 Å². The lowest BCUT2D eigenvalue weighted by Crippen LogP contribution is -2.52. The number of hydrogen-bond acceptors (Lipinski definition) is 5. The third kappa shape index (κ3) is 6.63. The van der Waals surface area contributed by atoms with Gasteiger partial charge in [0.2, 0.25) is 11.8 Å². The molecule has 4 N–H and O–H groups in total. The number of nitrogens with two attached hydrogens (primary N) is 1. The Labute approximate surface area is 203 Å². The fraction of sp³-hybridized carbons (Fsp3) is 0.320. The van der Waals surface area contributed by atoms with Crippen LogP contribution in [0, 0.1) is 6.92 Å². The van der Waals surface area contributed by atoms with E-state index < -0.39 is 6.04 Å². The lowest BCUT2D eigenvalue weighted by Gasteiger charge is -2.25. The van der Waals surface area contributed by atoms with Gasteiger partial charge in [-0.15, -0.1) is 11.3 Å². The van der Waals surface area contributed by atoms with E-state index in [0.717, 1.165) is 26.7 Å². The number of carbonyl (C=O) groups is 2. The fourth-order valence-corrected chi connectivity index (χ4v) is 4.79. The molecule has 3 rings (SSSR count). The molecule has 0 aliphatic carbocycles. The highest BCUT2D eigenvalue weighted by atomic mass is 35.5. The van der Waals surface area contributed by atoms with Crippen molar-refractivity contribution in [1.29, 1.82) is 0 Å². The van der Waals surface area contributed by atoms with Gasteiger partial charge in [0.1, 0.15) is 6.04 Å². The summed E-state index contributed by atoms with van der Waals surface area (Å²) in [6.45, 7) is 5.54. The van der Waals surface area contributed by atoms with Crippen LogP contribution in [0.15, 0.2) is 54.6 Å². The van der Waals surface area contributed by atoms with Crippen LogP contribution in [-0.2, 0) is 16.0 Å². The number of hydrogen-bond donors (Lipinski definition) is 3. The molecular weight excluding hydrogens is 456 g/mol. The second-order valence-electron chi connectivity index (χ2n) is 7.94. The first-order chi connectivity index (χ1) is 15.8. The number of thiazole rings is 1. The van der Waals surface area contributed by atoms with Gasteiger partial charge < -0.3 is 16.4 Å². The van der Waals surface area contributed by atoms with Crippen molar-refractivity contribution >= 4 is 34.8 Å². The van der Waals surface area contributed by atoms with E-state index in [9.17, 15) is 9.59 Å². The summed E-state index contributed by atoms with van der Waals surface area (Å²) < 4.78 is 0. The fourth-order valence-electron chi connectivity index (χ4n) is 3.50. The molecule has 2 amide bonds. The van der Waals surface area contributed by atoms with Gasteiger partial charge in [-0.2, -0.15) is 0 Å². The van der Waals surface area contributed by atoms with Gasteiger partial charge in [0.05, 0.1) is 15.6 Å². The summed E-state index contributed by atoms with van der Waals surface area (Å²) in [5.41, 5.74) is 9.11. The summed E-state index contributed by atoms with van der Waals surface area (Å²) in [6, 6.07) is 15.8. The zero-order valence-electron chi connectivity index (χ0n) is 19.0. The Bertz CT molecular complexity index is 1100. The van der Waals surface area contributed by atoms with E-state index in [0.29, 0.717) is 5.02 Å². The van der Waals surface area contributed by atoms with E-state index in [1.165, 1.54) is 11.3 Å². The zero-order valence-corrected chi connectivity index (χ0v) is 20.5. The standard InChI is InChI=1S/C25H29ClN4O2S/c1-4-21(31)30-20(25(32)29-15(2)23(27)17-9-6-5-7-10-17)14-22-28-16(3)24(33-22)18-11-8-12-19(26)13-18/h5-13,15,20,23H,4,14,27H2,1-3H3,(H,29,32)(H,30,31)/t15?,20-,23+/m0/s1. The van der Waals surface area contributed by atoms with Gasteiger partial charge in [-0.3, -0.25) is 9.59 Å². The third-order valence-corrected chi connectivity index (χ3v) is 6.84. The predicted octanol–water partition coefficient (Wildman–Crippen LogP) is 4.41. The first-order valence-corrected chi connectivity index (χ1v) is 12.1. The minimum atomic E-state index is -0.749. The maximum absolute atomic E-state index is 13.1. The van der Waals surface area contributed by atoms with Gasteiger partial charge in [-0.05, 0) is 37.1 Å². The molecular formula is C25H29ClN4O2S. The second-order valence-corrected chi connectivity index (χ2v) is 9.46. The molecule has 2 aromatic carbocycles. The smallest absolute Gasteiger partial charge is 0.243 e. The molecule has 0 fully saturated rings. The highest BCUT2D eigenvalue weighted by Gasteiger charge is 2.26. The maximum Gasteiger partial charge on any atom is 0.243 e. The van der Waals surface area contributed by atoms with Crippen molar-refractivity contribution in [2.75, 3.05) is 0 Å².